The van der Waals surface area contributed by atoms with E-state index >= 15 is 0 Å². The van der Waals surface area contributed by atoms with Gasteiger partial charge in [0.1, 0.15) is 0 Å². The number of rotatable bonds is 3. The van der Waals surface area contributed by atoms with Gasteiger partial charge in [-0.25, -0.2) is 0 Å². The first kappa shape index (κ1) is 14.3. The zero-order valence-corrected chi connectivity index (χ0v) is 14.2. The number of hydrogen-bond donors (Lipinski definition) is 1. The van der Waals surface area contributed by atoms with Gasteiger partial charge in [-0.15, -0.1) is 0 Å². The van der Waals surface area contributed by atoms with Crippen LogP contribution >= 0.6 is 11.6 Å². The van der Waals surface area contributed by atoms with E-state index in [1.54, 1.807) is 0 Å². The minimum atomic E-state index is -0.265. The van der Waals surface area contributed by atoms with Crippen LogP contribution < -0.4 is 5.32 Å². The van der Waals surface area contributed by atoms with Gasteiger partial charge in [-0.3, -0.25) is 4.79 Å². The Balaban J connectivity index is 1.35. The molecule has 4 bridgehead atoms. The molecule has 0 heterocycles. The number of carbonyl (C=O) groups is 1. The third-order valence-electron chi connectivity index (χ3n) is 7.11. The summed E-state index contributed by atoms with van der Waals surface area (Å²) in [5.41, 5.74) is 0.877. The minimum absolute atomic E-state index is 0.265. The van der Waals surface area contributed by atoms with Gasteiger partial charge < -0.3 is 5.32 Å². The van der Waals surface area contributed by atoms with E-state index in [4.69, 9.17) is 11.6 Å². The van der Waals surface area contributed by atoms with Crippen molar-refractivity contribution in [1.29, 1.82) is 0 Å². The quantitative estimate of drug-likeness (QED) is 0.879. The van der Waals surface area contributed by atoms with Crippen molar-refractivity contribution in [3.8, 4) is 0 Å². The summed E-state index contributed by atoms with van der Waals surface area (Å²) in [6.07, 6.45) is 8.83. The largest absolute Gasteiger partial charge is 0.352 e. The summed E-state index contributed by atoms with van der Waals surface area (Å²) in [6, 6.07) is 8.33. The molecule has 1 aromatic rings. The summed E-state index contributed by atoms with van der Waals surface area (Å²) in [7, 11) is 0. The highest BCUT2D eigenvalue weighted by molar-refractivity contribution is 6.30. The van der Waals surface area contributed by atoms with E-state index in [0.717, 1.165) is 47.1 Å². The van der Waals surface area contributed by atoms with Crippen molar-refractivity contribution in [3.05, 3.63) is 34.9 Å². The Morgan fingerprint density at radius 1 is 0.957 bits per heavy atom. The molecule has 23 heavy (non-hydrogen) atoms. The van der Waals surface area contributed by atoms with Gasteiger partial charge in [0.25, 0.3) is 0 Å². The summed E-state index contributed by atoms with van der Waals surface area (Å²) < 4.78 is 0. The normalized spacial score (nSPS) is 39.3. The van der Waals surface area contributed by atoms with Gasteiger partial charge in [-0.05, 0) is 86.3 Å². The van der Waals surface area contributed by atoms with E-state index in [2.05, 4.69) is 5.32 Å². The van der Waals surface area contributed by atoms with Crippen molar-refractivity contribution >= 4 is 17.5 Å². The Bertz CT molecular complexity index is 606. The summed E-state index contributed by atoms with van der Waals surface area (Å²) in [5, 5.41) is 4.25. The van der Waals surface area contributed by atoms with Gasteiger partial charge in [0.15, 0.2) is 0 Å². The molecule has 0 radical (unpaired) electrons. The van der Waals surface area contributed by atoms with Crippen LogP contribution in [0.25, 0.3) is 0 Å². The number of benzene rings is 1. The second-order valence-corrected chi connectivity index (χ2v) is 8.96. The lowest BCUT2D eigenvalue weighted by Gasteiger charge is -2.54. The molecule has 122 valence electrons. The lowest BCUT2D eigenvalue weighted by Crippen LogP contribution is -2.57. The predicted octanol–water partition coefficient (Wildman–Crippen LogP) is 4.31. The highest BCUT2D eigenvalue weighted by Gasteiger charge is 2.54. The molecule has 0 unspecified atom stereocenters. The van der Waals surface area contributed by atoms with Crippen molar-refractivity contribution in [2.45, 2.75) is 56.4 Å². The molecule has 5 fully saturated rings. The Morgan fingerprint density at radius 2 is 1.52 bits per heavy atom. The Kier molecular flexibility index (Phi) is 3.11. The SMILES string of the molecule is O=C(NC1C2CC3CC(C2)CC1C3)C1(c2ccc(Cl)cc2)CC1. The lowest BCUT2D eigenvalue weighted by molar-refractivity contribution is -0.127. The second kappa shape index (κ2) is 4.99. The molecule has 5 aliphatic carbocycles. The maximum Gasteiger partial charge on any atom is 0.230 e. The molecule has 0 saturated heterocycles. The van der Waals surface area contributed by atoms with E-state index in [0.29, 0.717) is 6.04 Å². The molecule has 0 aromatic heterocycles. The van der Waals surface area contributed by atoms with E-state index < -0.39 is 0 Å². The van der Waals surface area contributed by atoms with Crippen molar-refractivity contribution in [2.75, 3.05) is 0 Å². The molecular formula is C20H24ClNO. The number of halogens is 1. The fourth-order valence-corrected chi connectivity index (χ4v) is 6.12. The van der Waals surface area contributed by atoms with Crippen molar-refractivity contribution in [2.24, 2.45) is 23.7 Å². The summed E-state index contributed by atoms with van der Waals surface area (Å²) in [6.45, 7) is 0. The maximum atomic E-state index is 13.1. The van der Waals surface area contributed by atoms with Crippen LogP contribution in [0.3, 0.4) is 0 Å². The Hall–Kier alpha value is -1.02. The topological polar surface area (TPSA) is 29.1 Å². The summed E-state index contributed by atoms with van der Waals surface area (Å²) in [4.78, 5) is 13.1. The van der Waals surface area contributed by atoms with Crippen LogP contribution in [-0.4, -0.2) is 11.9 Å². The molecule has 2 nitrogen and oxygen atoms in total. The van der Waals surface area contributed by atoms with E-state index in [1.807, 2.05) is 24.3 Å². The Labute approximate surface area is 143 Å². The van der Waals surface area contributed by atoms with Crippen LogP contribution in [0.2, 0.25) is 5.02 Å². The van der Waals surface area contributed by atoms with Gasteiger partial charge in [0.2, 0.25) is 5.91 Å². The second-order valence-electron chi connectivity index (χ2n) is 8.52. The van der Waals surface area contributed by atoms with E-state index in [1.165, 1.54) is 32.1 Å². The lowest BCUT2D eigenvalue weighted by atomic mass is 9.54. The molecular weight excluding hydrogens is 306 g/mol. The first-order valence-corrected chi connectivity index (χ1v) is 9.59. The molecule has 0 aliphatic heterocycles. The van der Waals surface area contributed by atoms with Gasteiger partial charge in [0, 0.05) is 11.1 Å². The Morgan fingerprint density at radius 3 is 2.04 bits per heavy atom. The zero-order valence-electron chi connectivity index (χ0n) is 13.4. The smallest absolute Gasteiger partial charge is 0.230 e. The first-order chi connectivity index (χ1) is 11.1. The molecule has 0 spiro atoms. The molecule has 6 rings (SSSR count). The van der Waals surface area contributed by atoms with Crippen molar-refractivity contribution < 1.29 is 4.79 Å². The van der Waals surface area contributed by atoms with Crippen LogP contribution in [0.15, 0.2) is 24.3 Å². The molecule has 1 amide bonds. The third kappa shape index (κ3) is 2.25. The highest BCUT2D eigenvalue weighted by atomic mass is 35.5. The van der Waals surface area contributed by atoms with Crippen LogP contribution in [-0.2, 0) is 10.2 Å². The number of carbonyl (C=O) groups excluding carboxylic acids is 1. The molecule has 1 aromatic carbocycles. The van der Waals surface area contributed by atoms with Crippen LogP contribution in [0.5, 0.6) is 0 Å². The van der Waals surface area contributed by atoms with Crippen LogP contribution in [0.4, 0.5) is 0 Å². The molecule has 5 aliphatic rings. The van der Waals surface area contributed by atoms with Crippen LogP contribution in [0, 0.1) is 23.7 Å². The molecule has 1 N–H and O–H groups in total. The van der Waals surface area contributed by atoms with Gasteiger partial charge >= 0.3 is 0 Å². The number of nitrogens with one attached hydrogen (secondary N) is 1. The molecule has 3 heteroatoms. The van der Waals surface area contributed by atoms with Gasteiger partial charge in [0.05, 0.1) is 5.41 Å². The first-order valence-electron chi connectivity index (χ1n) is 9.21. The average molecular weight is 330 g/mol. The zero-order chi connectivity index (χ0) is 15.6. The van der Waals surface area contributed by atoms with Crippen molar-refractivity contribution in [3.63, 3.8) is 0 Å². The number of hydrogen-bond acceptors (Lipinski definition) is 1. The third-order valence-corrected chi connectivity index (χ3v) is 7.36. The van der Waals surface area contributed by atoms with Gasteiger partial charge in [-0.1, -0.05) is 23.7 Å². The maximum absolute atomic E-state index is 13.1. The van der Waals surface area contributed by atoms with E-state index in [-0.39, 0.29) is 11.3 Å². The van der Waals surface area contributed by atoms with E-state index in [9.17, 15) is 4.79 Å². The highest BCUT2D eigenvalue weighted by Crippen LogP contribution is 2.55. The van der Waals surface area contributed by atoms with Crippen LogP contribution in [0.1, 0.15) is 50.5 Å². The summed E-state index contributed by atoms with van der Waals surface area (Å²) >= 11 is 6.00. The number of amides is 1. The monoisotopic (exact) mass is 329 g/mol. The fraction of sp³-hybridized carbons (Fsp3) is 0.650. The van der Waals surface area contributed by atoms with Crippen molar-refractivity contribution in [1.82, 2.24) is 5.32 Å². The average Bonchev–Trinajstić information content (AvgIpc) is 3.32. The predicted molar refractivity (Wildman–Crippen MR) is 91.3 cm³/mol. The standard InChI is InChI=1S/C20H24ClNO/c21-17-3-1-16(2-4-17)20(5-6-20)19(23)22-18-14-8-12-7-13(10-14)11-15(18)9-12/h1-4,12-15,18H,5-11H2,(H,22,23). The molecule has 0 atom stereocenters. The van der Waals surface area contributed by atoms with Gasteiger partial charge in [-0.2, -0.15) is 0 Å². The summed E-state index contributed by atoms with van der Waals surface area (Å²) in [5.74, 6) is 3.68. The molecule has 5 saturated carbocycles. The fourth-order valence-electron chi connectivity index (χ4n) is 5.99. The minimum Gasteiger partial charge on any atom is -0.352 e.